The van der Waals surface area contributed by atoms with Gasteiger partial charge in [-0.25, -0.2) is 8.78 Å². The quantitative estimate of drug-likeness (QED) is 0.273. The minimum atomic E-state index is -0.942. The van der Waals surface area contributed by atoms with Crippen molar-refractivity contribution < 1.29 is 13.9 Å². The third-order valence-electron chi connectivity index (χ3n) is 6.48. The smallest absolute Gasteiger partial charge is 0.168 e. The fourth-order valence-corrected chi connectivity index (χ4v) is 7.28. The van der Waals surface area contributed by atoms with Crippen LogP contribution in [0.5, 0.6) is 0 Å². The first-order valence-corrected chi connectivity index (χ1v) is 13.6. The molecule has 7 heteroatoms. The number of benzene rings is 3. The van der Waals surface area contributed by atoms with Crippen LogP contribution in [0.25, 0.3) is 6.08 Å². The number of hydrogen-bond donors (Lipinski definition) is 1. The molecule has 1 aliphatic heterocycles. The summed E-state index contributed by atoms with van der Waals surface area (Å²) in [4.78, 5) is 2.20. The van der Waals surface area contributed by atoms with Crippen molar-refractivity contribution in [1.29, 1.82) is 0 Å². The van der Waals surface area contributed by atoms with E-state index < -0.39 is 11.6 Å². The van der Waals surface area contributed by atoms with Crippen LogP contribution in [0.2, 0.25) is 0 Å². The maximum Gasteiger partial charge on any atom is 0.168 e. The minimum Gasteiger partial charge on any atom is -0.396 e. The van der Waals surface area contributed by atoms with Gasteiger partial charge in [0.25, 0.3) is 0 Å². The van der Waals surface area contributed by atoms with Crippen molar-refractivity contribution in [3.05, 3.63) is 97.3 Å². The Morgan fingerprint density at radius 1 is 0.861 bits per heavy atom. The first-order chi connectivity index (χ1) is 17.5. The molecule has 2 aliphatic rings. The van der Waals surface area contributed by atoms with Gasteiger partial charge >= 0.3 is 0 Å². The molecule has 3 aromatic rings. The second kappa shape index (κ2) is 11.1. The van der Waals surface area contributed by atoms with E-state index in [0.29, 0.717) is 6.42 Å². The van der Waals surface area contributed by atoms with Gasteiger partial charge in [-0.05, 0) is 79.0 Å². The van der Waals surface area contributed by atoms with E-state index in [4.69, 9.17) is 0 Å². The van der Waals surface area contributed by atoms with Gasteiger partial charge in [-0.2, -0.15) is 10.2 Å². The van der Waals surface area contributed by atoms with Crippen molar-refractivity contribution in [3.63, 3.8) is 0 Å². The van der Waals surface area contributed by atoms with E-state index in [-0.39, 0.29) is 17.7 Å². The van der Waals surface area contributed by atoms with Crippen LogP contribution in [0.4, 0.5) is 8.78 Å². The lowest BCUT2D eigenvalue weighted by molar-refractivity contribution is 0.298. The summed E-state index contributed by atoms with van der Waals surface area (Å²) >= 11 is 3.08. The molecule has 0 atom stereocenters. The summed E-state index contributed by atoms with van der Waals surface area (Å²) in [5.74, 6) is -1.85. The van der Waals surface area contributed by atoms with E-state index in [9.17, 15) is 13.9 Å². The molecule has 0 amide bonds. The van der Waals surface area contributed by atoms with Crippen molar-refractivity contribution in [2.45, 2.75) is 48.8 Å². The van der Waals surface area contributed by atoms with E-state index in [1.165, 1.54) is 48.0 Å². The largest absolute Gasteiger partial charge is 0.396 e. The predicted octanol–water partition coefficient (Wildman–Crippen LogP) is 7.34. The maximum absolute atomic E-state index is 14.9. The molecule has 0 spiro atoms. The summed E-state index contributed by atoms with van der Waals surface area (Å²) in [5, 5.41) is 17.4. The van der Waals surface area contributed by atoms with Gasteiger partial charge in [0.2, 0.25) is 0 Å². The zero-order valence-corrected chi connectivity index (χ0v) is 21.6. The minimum absolute atomic E-state index is 0.0537. The van der Waals surface area contributed by atoms with Gasteiger partial charge in [-0.1, -0.05) is 59.9 Å². The van der Waals surface area contributed by atoms with Crippen molar-refractivity contribution in [3.8, 4) is 0 Å². The Morgan fingerprint density at radius 3 is 2.42 bits per heavy atom. The normalized spacial score (nSPS) is 16.3. The Bertz CT molecular complexity index is 1400. The van der Waals surface area contributed by atoms with E-state index in [2.05, 4.69) is 16.3 Å². The molecule has 0 bridgehead atoms. The average molecular weight is 521 g/mol. The molecule has 0 aromatic heterocycles. The van der Waals surface area contributed by atoms with Gasteiger partial charge in [-0.15, -0.1) is 0 Å². The summed E-state index contributed by atoms with van der Waals surface area (Å²) in [6.07, 6.45) is 9.66. The third-order valence-corrected chi connectivity index (χ3v) is 9.15. The van der Waals surface area contributed by atoms with Gasteiger partial charge in [0.15, 0.2) is 11.6 Å². The fraction of sp³-hybridized carbons (Fsp3) is 0.241. The van der Waals surface area contributed by atoms with Crippen LogP contribution in [-0.2, 0) is 19.3 Å². The van der Waals surface area contributed by atoms with Crippen molar-refractivity contribution in [2.75, 3.05) is 6.61 Å². The van der Waals surface area contributed by atoms with E-state index >= 15 is 0 Å². The van der Waals surface area contributed by atoms with Crippen LogP contribution in [0.1, 0.15) is 51.8 Å². The van der Waals surface area contributed by atoms with Gasteiger partial charge in [0.1, 0.15) is 0 Å². The molecule has 0 fully saturated rings. The highest BCUT2D eigenvalue weighted by Crippen LogP contribution is 2.54. The number of thioether (sulfide) groups is 2. The number of nitrogens with zero attached hydrogens (tertiary/aromatic N) is 2. The Kier molecular flexibility index (Phi) is 7.70. The van der Waals surface area contributed by atoms with Crippen LogP contribution < -0.4 is 0 Å². The second-order valence-corrected chi connectivity index (χ2v) is 11.3. The molecule has 0 radical (unpaired) electrons. The molecular weight excluding hydrogens is 494 g/mol. The van der Waals surface area contributed by atoms with Crippen LogP contribution in [0.15, 0.2) is 66.7 Å². The molecule has 0 unspecified atom stereocenters. The standard InChI is InChI=1S/C29H26F2N2OS2/c1-18-9-10-20(13-14-34)29-28(18)35-25(36-29)15-21-11-12-23(27(31)26(21)30)17-33-32-16-22-7-4-6-19-5-2-3-8-24(19)22/h4,6-7,9-12,15-17,34H,2-3,5,8,13-14H2,1H3/b25-15-,32-16+,33-17+. The zero-order chi connectivity index (χ0) is 25.1. The summed E-state index contributed by atoms with van der Waals surface area (Å²) in [7, 11) is 0. The lowest BCUT2D eigenvalue weighted by Gasteiger charge is -2.17. The average Bonchev–Trinajstić information content (AvgIpc) is 3.32. The van der Waals surface area contributed by atoms with Crippen molar-refractivity contribution in [1.82, 2.24) is 0 Å². The highest BCUT2D eigenvalue weighted by atomic mass is 32.2. The molecule has 1 aliphatic carbocycles. The van der Waals surface area contributed by atoms with E-state index in [0.717, 1.165) is 43.6 Å². The number of halogens is 2. The summed E-state index contributed by atoms with van der Waals surface area (Å²) in [6, 6.07) is 13.3. The Morgan fingerprint density at radius 2 is 1.58 bits per heavy atom. The summed E-state index contributed by atoms with van der Waals surface area (Å²) in [5.41, 5.74) is 6.12. The number of aliphatic hydroxyl groups excluding tert-OH is 1. The molecule has 36 heavy (non-hydrogen) atoms. The molecule has 3 aromatic carbocycles. The topological polar surface area (TPSA) is 45.0 Å². The zero-order valence-electron chi connectivity index (χ0n) is 19.9. The lowest BCUT2D eigenvalue weighted by atomic mass is 9.89. The number of aliphatic hydroxyl groups is 1. The van der Waals surface area contributed by atoms with Gasteiger partial charge in [0, 0.05) is 27.5 Å². The monoisotopic (exact) mass is 520 g/mol. The SMILES string of the molecule is Cc1ccc(CCO)c2c1S/C(=C/c1ccc(/C=N/N=C/c3cccc4c3CCCC4)c(F)c1F)S2. The predicted molar refractivity (Wildman–Crippen MR) is 146 cm³/mol. The maximum atomic E-state index is 14.9. The van der Waals surface area contributed by atoms with Gasteiger partial charge in [-0.3, -0.25) is 0 Å². The van der Waals surface area contributed by atoms with Crippen LogP contribution in [0.3, 0.4) is 0 Å². The molecule has 1 heterocycles. The molecule has 0 saturated carbocycles. The first kappa shape index (κ1) is 24.9. The Hall–Kier alpha value is -2.74. The van der Waals surface area contributed by atoms with E-state index in [1.807, 2.05) is 31.2 Å². The van der Waals surface area contributed by atoms with Gasteiger partial charge < -0.3 is 5.11 Å². The number of fused-ring (bicyclic) bond motifs is 2. The molecule has 1 N–H and O–H groups in total. The molecule has 0 saturated heterocycles. The molecule has 3 nitrogen and oxygen atoms in total. The summed E-state index contributed by atoms with van der Waals surface area (Å²) < 4.78 is 30.6. The fourth-order valence-electron chi connectivity index (χ4n) is 4.58. The molecule has 5 rings (SSSR count). The number of aryl methyl sites for hydroxylation is 2. The molecular formula is C29H26F2N2OS2. The Balaban J connectivity index is 1.33. The molecule has 184 valence electrons. The van der Waals surface area contributed by atoms with Crippen LogP contribution >= 0.6 is 23.5 Å². The van der Waals surface area contributed by atoms with Crippen molar-refractivity contribution in [2.24, 2.45) is 10.2 Å². The highest BCUT2D eigenvalue weighted by Gasteiger charge is 2.23. The Labute approximate surface area is 218 Å². The second-order valence-electron chi connectivity index (χ2n) is 8.89. The number of hydrogen-bond acceptors (Lipinski definition) is 5. The van der Waals surface area contributed by atoms with Crippen LogP contribution in [-0.4, -0.2) is 24.1 Å². The summed E-state index contributed by atoms with van der Waals surface area (Å²) in [6.45, 7) is 2.10. The first-order valence-electron chi connectivity index (χ1n) is 12.0. The highest BCUT2D eigenvalue weighted by molar-refractivity contribution is 8.25. The van der Waals surface area contributed by atoms with Crippen molar-refractivity contribution >= 4 is 42.0 Å². The van der Waals surface area contributed by atoms with Gasteiger partial charge in [0.05, 0.1) is 16.7 Å². The third kappa shape index (κ3) is 5.19. The van der Waals surface area contributed by atoms with E-state index in [1.54, 1.807) is 30.1 Å². The van der Waals surface area contributed by atoms with Crippen LogP contribution in [0, 0.1) is 18.6 Å². The lowest BCUT2D eigenvalue weighted by Crippen LogP contribution is -2.05. The number of rotatable bonds is 6.